The van der Waals surface area contributed by atoms with Crippen LogP contribution in [0, 0.1) is 0 Å². The number of para-hydroxylation sites is 1. The van der Waals surface area contributed by atoms with Crippen molar-refractivity contribution in [2.75, 3.05) is 6.61 Å². The van der Waals surface area contributed by atoms with Crippen LogP contribution in [0.2, 0.25) is 5.02 Å². The van der Waals surface area contributed by atoms with E-state index in [1.165, 1.54) is 70.6 Å². The lowest BCUT2D eigenvalue weighted by molar-refractivity contribution is -0.701. The molecule has 0 radical (unpaired) electrons. The summed E-state index contributed by atoms with van der Waals surface area (Å²) < 4.78 is 8.33. The Hall–Kier alpha value is -2.07. The normalized spacial score (nSPS) is 11.0. The third-order valence-corrected chi connectivity index (χ3v) is 7.13. The van der Waals surface area contributed by atoms with Gasteiger partial charge in [0.25, 0.3) is 0 Å². The molecule has 1 heterocycles. The Labute approximate surface area is 225 Å². The van der Waals surface area contributed by atoms with Gasteiger partial charge >= 0.3 is 0 Å². The first-order chi connectivity index (χ1) is 17.6. The minimum absolute atomic E-state index is 0.0355. The number of rotatable bonds is 19. The van der Waals surface area contributed by atoms with Crippen molar-refractivity contribution in [3.63, 3.8) is 0 Å². The van der Waals surface area contributed by atoms with Gasteiger partial charge in [-0.1, -0.05) is 107 Å². The number of halogens is 1. The number of aryl methyl sites for hydroxylation is 1. The van der Waals surface area contributed by atoms with Crippen molar-refractivity contribution in [1.29, 1.82) is 0 Å². The monoisotopic (exact) mass is 515 g/mol. The zero-order chi connectivity index (χ0) is 26.0. The maximum atomic E-state index is 12.5. The zero-order valence-corrected chi connectivity index (χ0v) is 23.7. The molecule has 0 N–H and O–H groups in total. The number of nitrogens with zero attached hydrogens (tertiary/aromatic N) is 2. The lowest BCUT2D eigenvalue weighted by Gasteiger charge is -2.22. The predicted octanol–water partition coefficient (Wildman–Crippen LogP) is 8.28. The van der Waals surface area contributed by atoms with E-state index >= 15 is 0 Å². The highest BCUT2D eigenvalue weighted by atomic mass is 35.5. The fourth-order valence-electron chi connectivity index (χ4n) is 4.60. The third kappa shape index (κ3) is 11.3. The van der Waals surface area contributed by atoms with E-state index in [-0.39, 0.29) is 5.91 Å². The summed E-state index contributed by atoms with van der Waals surface area (Å²) in [4.78, 5) is 14.3. The van der Waals surface area contributed by atoms with Crippen LogP contribution in [0.3, 0.4) is 0 Å². The van der Waals surface area contributed by atoms with Crippen molar-refractivity contribution in [1.82, 2.24) is 4.90 Å². The van der Waals surface area contributed by atoms with Crippen LogP contribution in [-0.2, 0) is 24.4 Å². The van der Waals surface area contributed by atoms with Gasteiger partial charge < -0.3 is 9.64 Å². The molecule has 1 amide bonds. The van der Waals surface area contributed by atoms with Gasteiger partial charge in [-0.05, 0) is 19.4 Å². The highest BCUT2D eigenvalue weighted by Gasteiger charge is 2.19. The van der Waals surface area contributed by atoms with Gasteiger partial charge in [0.2, 0.25) is 11.6 Å². The van der Waals surface area contributed by atoms with Gasteiger partial charge in [0.15, 0.2) is 6.20 Å². The van der Waals surface area contributed by atoms with Gasteiger partial charge in [-0.15, -0.1) is 0 Å². The van der Waals surface area contributed by atoms with E-state index in [0.717, 1.165) is 24.2 Å². The molecule has 0 aliphatic rings. The minimum Gasteiger partial charge on any atom is -0.492 e. The van der Waals surface area contributed by atoms with Crippen LogP contribution in [0.4, 0.5) is 0 Å². The summed E-state index contributed by atoms with van der Waals surface area (Å²) in [7, 11) is 0. The maximum Gasteiger partial charge on any atom is 0.220 e. The summed E-state index contributed by atoms with van der Waals surface area (Å²) in [6.07, 6.45) is 17.9. The standard InChI is InChI=1S/C31H48ClN2O2/c1-4-6-7-8-9-10-11-12-13-14-15-18-24-36-31-28(20-19-22-30(31)32)25-34(27(3)35)26-29-21-16-17-23-33(29)5-2/h16-17,19-23H,4-15,18,24-26H2,1-3H3/q+1. The van der Waals surface area contributed by atoms with Gasteiger partial charge in [-0.3, -0.25) is 4.79 Å². The molecular weight excluding hydrogens is 468 g/mol. The molecule has 0 aliphatic carbocycles. The Morgan fingerprint density at radius 1 is 0.833 bits per heavy atom. The van der Waals surface area contributed by atoms with E-state index in [2.05, 4.69) is 30.7 Å². The highest BCUT2D eigenvalue weighted by Crippen LogP contribution is 2.30. The summed E-state index contributed by atoms with van der Waals surface area (Å²) in [5.41, 5.74) is 2.06. The van der Waals surface area contributed by atoms with Gasteiger partial charge in [-0.2, -0.15) is 0 Å². The lowest BCUT2D eigenvalue weighted by Crippen LogP contribution is -2.40. The number of carbonyl (C=O) groups excluding carboxylic acids is 1. The number of ether oxygens (including phenoxy) is 1. The van der Waals surface area contributed by atoms with Crippen LogP contribution in [0.1, 0.15) is 109 Å². The number of unbranched alkanes of at least 4 members (excludes halogenated alkanes) is 11. The van der Waals surface area contributed by atoms with Crippen LogP contribution in [0.25, 0.3) is 0 Å². The third-order valence-electron chi connectivity index (χ3n) is 6.83. The van der Waals surface area contributed by atoms with Crippen molar-refractivity contribution in [2.24, 2.45) is 0 Å². The molecule has 36 heavy (non-hydrogen) atoms. The minimum atomic E-state index is 0.0355. The summed E-state index contributed by atoms with van der Waals surface area (Å²) in [5, 5.41) is 0.610. The van der Waals surface area contributed by atoms with E-state index in [1.54, 1.807) is 6.92 Å². The van der Waals surface area contributed by atoms with Gasteiger partial charge in [0, 0.05) is 31.2 Å². The Bertz CT molecular complexity index is 887. The summed E-state index contributed by atoms with van der Waals surface area (Å²) >= 11 is 6.52. The Balaban J connectivity index is 1.77. The number of pyridine rings is 1. The van der Waals surface area contributed by atoms with Crippen molar-refractivity contribution in [2.45, 2.75) is 117 Å². The number of hydrogen-bond donors (Lipinski definition) is 0. The number of hydrogen-bond acceptors (Lipinski definition) is 2. The van der Waals surface area contributed by atoms with E-state index < -0.39 is 0 Å². The fourth-order valence-corrected chi connectivity index (χ4v) is 4.85. The largest absolute Gasteiger partial charge is 0.492 e. The molecule has 0 atom stereocenters. The molecule has 0 spiro atoms. The highest BCUT2D eigenvalue weighted by molar-refractivity contribution is 6.32. The lowest BCUT2D eigenvalue weighted by atomic mass is 10.1. The number of carbonyl (C=O) groups is 1. The first kappa shape index (κ1) is 30.2. The first-order valence-electron chi connectivity index (χ1n) is 14.2. The molecule has 0 saturated carbocycles. The summed E-state index contributed by atoms with van der Waals surface area (Å²) in [6, 6.07) is 11.9. The number of benzene rings is 1. The van der Waals surface area contributed by atoms with E-state index in [4.69, 9.17) is 16.3 Å². The smallest absolute Gasteiger partial charge is 0.220 e. The first-order valence-corrected chi connectivity index (χ1v) is 14.6. The van der Waals surface area contributed by atoms with Crippen molar-refractivity contribution < 1.29 is 14.1 Å². The molecule has 0 bridgehead atoms. The molecular formula is C31H48ClN2O2+. The molecule has 0 unspecified atom stereocenters. The van der Waals surface area contributed by atoms with Crippen LogP contribution in [0.5, 0.6) is 5.75 Å². The second kappa shape index (κ2) is 18.2. The fraction of sp³-hybridized carbons (Fsp3) is 0.613. The Morgan fingerprint density at radius 3 is 2.08 bits per heavy atom. The van der Waals surface area contributed by atoms with E-state index in [0.29, 0.717) is 30.5 Å². The van der Waals surface area contributed by atoms with Gasteiger partial charge in [0.05, 0.1) is 11.6 Å². The average molecular weight is 516 g/mol. The van der Waals surface area contributed by atoms with Crippen LogP contribution < -0.4 is 9.30 Å². The molecule has 1 aromatic heterocycles. The molecule has 0 aliphatic heterocycles. The second-order valence-corrected chi connectivity index (χ2v) is 10.2. The Kier molecular flexibility index (Phi) is 15.3. The molecule has 1 aromatic carbocycles. The summed E-state index contributed by atoms with van der Waals surface area (Å²) in [5.74, 6) is 0.748. The molecule has 2 rings (SSSR count). The van der Waals surface area contributed by atoms with Gasteiger partial charge in [-0.25, -0.2) is 4.57 Å². The average Bonchev–Trinajstić information content (AvgIpc) is 2.88. The van der Waals surface area contributed by atoms with Crippen LogP contribution in [0.15, 0.2) is 42.6 Å². The van der Waals surface area contributed by atoms with Crippen LogP contribution >= 0.6 is 11.6 Å². The maximum absolute atomic E-state index is 12.5. The van der Waals surface area contributed by atoms with Crippen LogP contribution in [-0.4, -0.2) is 17.4 Å². The quantitative estimate of drug-likeness (QED) is 0.139. The van der Waals surface area contributed by atoms with E-state index in [9.17, 15) is 4.79 Å². The SMILES string of the molecule is CCCCCCCCCCCCCCOc1c(Cl)cccc1CN(Cc1cccc[n+]1CC)C(C)=O. The van der Waals surface area contributed by atoms with E-state index in [1.807, 2.05) is 35.2 Å². The Morgan fingerprint density at radius 2 is 1.47 bits per heavy atom. The predicted molar refractivity (Wildman–Crippen MR) is 150 cm³/mol. The molecule has 4 nitrogen and oxygen atoms in total. The topological polar surface area (TPSA) is 33.4 Å². The molecule has 2 aromatic rings. The van der Waals surface area contributed by atoms with Gasteiger partial charge in [0.1, 0.15) is 18.8 Å². The van der Waals surface area contributed by atoms with Crippen molar-refractivity contribution >= 4 is 17.5 Å². The molecule has 0 fully saturated rings. The van der Waals surface area contributed by atoms with Crippen molar-refractivity contribution in [3.8, 4) is 5.75 Å². The molecule has 5 heteroatoms. The second-order valence-electron chi connectivity index (χ2n) is 9.82. The molecule has 0 saturated heterocycles. The number of aromatic nitrogens is 1. The number of amides is 1. The molecule has 200 valence electrons. The zero-order valence-electron chi connectivity index (χ0n) is 22.9. The van der Waals surface area contributed by atoms with Crippen molar-refractivity contribution in [3.05, 3.63) is 58.9 Å². The summed E-state index contributed by atoms with van der Waals surface area (Å²) in [6.45, 7) is 8.55.